The number of hydrogen-bond acceptors (Lipinski definition) is 6. The molecular formula is C43H38ClFN6O3. The molecule has 2 heterocycles. The molecular weight excluding hydrogens is 703 g/mol. The monoisotopic (exact) mass is 740 g/mol. The van der Waals surface area contributed by atoms with Crippen molar-refractivity contribution in [3.05, 3.63) is 185 Å². The first-order chi connectivity index (χ1) is 26.4. The molecule has 54 heavy (non-hydrogen) atoms. The third-order valence-corrected chi connectivity index (χ3v) is 9.78. The van der Waals surface area contributed by atoms with Crippen LogP contribution in [-0.4, -0.2) is 48.9 Å². The van der Waals surface area contributed by atoms with Gasteiger partial charge in [0.25, 0.3) is 0 Å². The number of ether oxygens (including phenoxy) is 1. The Labute approximate surface area is 317 Å². The van der Waals surface area contributed by atoms with Crippen LogP contribution in [0.3, 0.4) is 0 Å². The minimum absolute atomic E-state index is 0.0542. The minimum Gasteiger partial charge on any atom is -0.469 e. The molecule has 5 aromatic carbocycles. The molecule has 9 nitrogen and oxygen atoms in total. The zero-order valence-corrected chi connectivity index (χ0v) is 30.3. The van der Waals surface area contributed by atoms with Gasteiger partial charge in [0.05, 0.1) is 11.1 Å². The topological polar surface area (TPSA) is 105 Å². The fraction of sp³-hybridized carbons (Fsp3) is 0.163. The van der Waals surface area contributed by atoms with Crippen molar-refractivity contribution < 1.29 is 19.0 Å². The number of nitrogens with zero attached hydrogens (tertiary/aromatic N) is 5. The largest absolute Gasteiger partial charge is 0.469 e. The Bertz CT molecular complexity index is 2250. The van der Waals surface area contributed by atoms with Crippen LogP contribution in [0.2, 0.25) is 5.02 Å². The number of rotatable bonds is 13. The van der Waals surface area contributed by atoms with Gasteiger partial charge in [0, 0.05) is 36.0 Å². The predicted octanol–water partition coefficient (Wildman–Crippen LogP) is 9.02. The number of nitrogens with one attached hydrogen (secondary N) is 1. The predicted molar refractivity (Wildman–Crippen MR) is 208 cm³/mol. The van der Waals surface area contributed by atoms with E-state index in [-0.39, 0.29) is 24.8 Å². The number of benzene rings is 5. The number of halogens is 2. The van der Waals surface area contributed by atoms with E-state index in [9.17, 15) is 14.3 Å². The Balaban J connectivity index is 1.18. The van der Waals surface area contributed by atoms with Gasteiger partial charge in [0.1, 0.15) is 17.7 Å². The number of anilines is 1. The molecule has 2 aromatic heterocycles. The number of carbonyl (C=O) groups excluding carboxylic acids is 1. The molecule has 11 heteroatoms. The van der Waals surface area contributed by atoms with Crippen molar-refractivity contribution in [3.63, 3.8) is 0 Å². The molecule has 2 N–H and O–H groups in total. The number of urea groups is 1. The lowest BCUT2D eigenvalue weighted by atomic mass is 9.77. The van der Waals surface area contributed by atoms with E-state index < -0.39 is 23.4 Å². The van der Waals surface area contributed by atoms with Gasteiger partial charge in [0.15, 0.2) is 12.4 Å². The van der Waals surface area contributed by atoms with Gasteiger partial charge in [-0.15, -0.1) is 0 Å². The molecule has 1 unspecified atom stereocenters. The highest BCUT2D eigenvalue weighted by Gasteiger charge is 2.39. The third-order valence-electron chi connectivity index (χ3n) is 9.49. The normalized spacial score (nSPS) is 12.0. The molecule has 1 atom stereocenters. The van der Waals surface area contributed by atoms with Gasteiger partial charge in [-0.1, -0.05) is 121 Å². The van der Waals surface area contributed by atoms with Crippen LogP contribution in [0.1, 0.15) is 47.5 Å². The Kier molecular flexibility index (Phi) is 10.9. The Hall–Kier alpha value is -6.10. The molecule has 0 saturated carbocycles. The van der Waals surface area contributed by atoms with Gasteiger partial charge in [-0.3, -0.25) is 0 Å². The molecule has 7 aromatic rings. The molecule has 0 radical (unpaired) electrons. The zero-order chi connectivity index (χ0) is 37.5. The van der Waals surface area contributed by atoms with Gasteiger partial charge in [-0.05, 0) is 59.7 Å². The van der Waals surface area contributed by atoms with Gasteiger partial charge in [0.2, 0.25) is 5.88 Å². The van der Waals surface area contributed by atoms with E-state index in [1.165, 1.54) is 18.2 Å². The summed E-state index contributed by atoms with van der Waals surface area (Å²) in [6.07, 6.45) is 3.80. The summed E-state index contributed by atoms with van der Waals surface area (Å²) in [6.45, 7) is 2.11. The molecule has 0 aliphatic rings. The lowest BCUT2D eigenvalue weighted by Crippen LogP contribution is -2.38. The SMILES string of the molecule is CC(c1cnc(OCc2ncn(C(c3ccccc3)(c3ccccc3)c3ccccc3)n2)c2ccccc12)N(CCCO)C(=O)Nc1ccc(F)c(Cl)c1. The van der Waals surface area contributed by atoms with Crippen molar-refractivity contribution in [2.45, 2.75) is 31.5 Å². The lowest BCUT2D eigenvalue weighted by Gasteiger charge is -2.35. The van der Waals surface area contributed by atoms with E-state index in [0.717, 1.165) is 33.0 Å². The van der Waals surface area contributed by atoms with Crippen molar-refractivity contribution in [1.29, 1.82) is 0 Å². The van der Waals surface area contributed by atoms with Gasteiger partial charge in [-0.2, -0.15) is 5.10 Å². The molecule has 0 saturated heterocycles. The second kappa shape index (κ2) is 16.3. The summed E-state index contributed by atoms with van der Waals surface area (Å²) < 4.78 is 22.0. The van der Waals surface area contributed by atoms with Gasteiger partial charge in [-0.25, -0.2) is 23.8 Å². The summed E-state index contributed by atoms with van der Waals surface area (Å²) in [4.78, 5) is 24.6. The highest BCUT2D eigenvalue weighted by Crippen LogP contribution is 2.40. The van der Waals surface area contributed by atoms with Crippen LogP contribution in [0.15, 0.2) is 146 Å². The smallest absolute Gasteiger partial charge is 0.322 e. The van der Waals surface area contributed by atoms with Crippen molar-refractivity contribution in [2.75, 3.05) is 18.5 Å². The average molecular weight is 741 g/mol. The second-order valence-corrected chi connectivity index (χ2v) is 13.2. The van der Waals surface area contributed by atoms with Crippen molar-refractivity contribution in [1.82, 2.24) is 24.6 Å². The van der Waals surface area contributed by atoms with E-state index in [2.05, 4.69) is 41.7 Å². The number of carbonyl (C=O) groups is 1. The van der Waals surface area contributed by atoms with Crippen LogP contribution in [-0.2, 0) is 12.1 Å². The van der Waals surface area contributed by atoms with Gasteiger partial charge < -0.3 is 20.1 Å². The molecule has 0 aliphatic carbocycles. The number of aromatic nitrogens is 4. The number of fused-ring (bicyclic) bond motifs is 1. The maximum Gasteiger partial charge on any atom is 0.322 e. The van der Waals surface area contributed by atoms with Crippen LogP contribution in [0.25, 0.3) is 10.8 Å². The third kappa shape index (κ3) is 7.26. The zero-order valence-electron chi connectivity index (χ0n) is 29.5. The standard InChI is InChI=1S/C43H38ClFN6O3/c1-30(50(24-13-25-52)42(53)48-34-22-23-39(45)38(44)26-34)37-27-46-41(36-21-12-11-20-35(36)37)54-28-40-47-29-51(49-40)43(31-14-5-2-6-15-31,32-16-7-3-8-17-32)33-18-9-4-10-19-33/h2-12,14-23,26-27,29-30,52H,13,24-25,28H2,1H3,(H,48,53). The maximum absolute atomic E-state index is 13.8. The first-order valence-corrected chi connectivity index (χ1v) is 18.0. The Morgan fingerprint density at radius 2 is 1.46 bits per heavy atom. The van der Waals surface area contributed by atoms with Crippen LogP contribution in [0.4, 0.5) is 14.9 Å². The molecule has 0 aliphatic heterocycles. The van der Waals surface area contributed by atoms with E-state index in [1.807, 2.05) is 90.5 Å². The van der Waals surface area contributed by atoms with Gasteiger partial charge >= 0.3 is 6.03 Å². The first kappa shape index (κ1) is 36.3. The molecule has 0 fully saturated rings. The second-order valence-electron chi connectivity index (χ2n) is 12.8. The quantitative estimate of drug-likeness (QED) is 0.114. The number of aliphatic hydroxyl groups is 1. The first-order valence-electron chi connectivity index (χ1n) is 17.6. The fourth-order valence-corrected chi connectivity index (χ4v) is 7.06. The number of amides is 2. The maximum atomic E-state index is 13.8. The summed E-state index contributed by atoms with van der Waals surface area (Å²) in [5, 5.41) is 19.0. The van der Waals surface area contributed by atoms with Crippen LogP contribution >= 0.6 is 11.6 Å². The van der Waals surface area contributed by atoms with Crippen LogP contribution in [0, 0.1) is 5.82 Å². The van der Waals surface area contributed by atoms with Crippen LogP contribution < -0.4 is 10.1 Å². The molecule has 272 valence electrons. The number of hydrogen-bond donors (Lipinski definition) is 2. The lowest BCUT2D eigenvalue weighted by molar-refractivity contribution is 0.182. The average Bonchev–Trinajstić information content (AvgIpc) is 3.69. The highest BCUT2D eigenvalue weighted by atomic mass is 35.5. The fourth-order valence-electron chi connectivity index (χ4n) is 6.88. The van der Waals surface area contributed by atoms with E-state index in [1.54, 1.807) is 17.4 Å². The molecule has 0 spiro atoms. The number of aliphatic hydroxyl groups excluding tert-OH is 1. The number of pyridine rings is 1. The summed E-state index contributed by atoms with van der Waals surface area (Å²) in [7, 11) is 0. The summed E-state index contributed by atoms with van der Waals surface area (Å²) in [6, 6.07) is 41.6. The van der Waals surface area contributed by atoms with Crippen molar-refractivity contribution in [3.8, 4) is 5.88 Å². The van der Waals surface area contributed by atoms with Crippen molar-refractivity contribution in [2.24, 2.45) is 0 Å². The Morgan fingerprint density at radius 3 is 2.06 bits per heavy atom. The van der Waals surface area contributed by atoms with Crippen molar-refractivity contribution >= 4 is 34.1 Å². The van der Waals surface area contributed by atoms with E-state index >= 15 is 0 Å². The van der Waals surface area contributed by atoms with E-state index in [0.29, 0.717) is 23.8 Å². The summed E-state index contributed by atoms with van der Waals surface area (Å²) in [5.74, 6) is 0.285. The minimum atomic E-state index is -0.811. The van der Waals surface area contributed by atoms with E-state index in [4.69, 9.17) is 31.4 Å². The Morgan fingerprint density at radius 1 is 0.870 bits per heavy atom. The summed E-state index contributed by atoms with van der Waals surface area (Å²) in [5.41, 5.74) is 3.41. The van der Waals surface area contributed by atoms with Crippen LogP contribution in [0.5, 0.6) is 5.88 Å². The highest BCUT2D eigenvalue weighted by molar-refractivity contribution is 6.31. The molecule has 0 bridgehead atoms. The summed E-state index contributed by atoms with van der Waals surface area (Å²) >= 11 is 5.96. The molecule has 7 rings (SSSR count). The molecule has 2 amide bonds.